The average Bonchev–Trinajstić information content (AvgIpc) is 0.962. The summed E-state index contributed by atoms with van der Waals surface area (Å²) in [5.74, 6) is 2.08. The van der Waals surface area contributed by atoms with Gasteiger partial charge in [0.15, 0.2) is 0 Å². The van der Waals surface area contributed by atoms with E-state index >= 15 is 9.59 Å². The number of likely N-dealkylation sites (N-methyl/N-ethyl adjacent to an activating group) is 2. The van der Waals surface area contributed by atoms with Gasteiger partial charge in [-0.15, -0.1) is 94.1 Å². The number of hydrogen-bond acceptors (Lipinski definition) is 22. The van der Waals surface area contributed by atoms with E-state index in [4.69, 9.17) is 9.47 Å². The van der Waals surface area contributed by atoms with Crippen LogP contribution in [0.3, 0.4) is 0 Å². The molecule has 0 saturated heterocycles. The average molecular weight is 1760 g/mol. The second-order valence-electron chi connectivity index (χ2n) is 30.5. The summed E-state index contributed by atoms with van der Waals surface area (Å²) < 4.78 is 30.1. The molecule has 0 fully saturated rings. The number of amides is 4. The van der Waals surface area contributed by atoms with Crippen molar-refractivity contribution >= 4 is 212 Å². The Morgan fingerprint density at radius 1 is 0.361 bits per heavy atom. The summed E-state index contributed by atoms with van der Waals surface area (Å²) in [5, 5.41) is 6.52. The normalized spacial score (nSPS) is 15.9. The van der Waals surface area contributed by atoms with Crippen molar-refractivity contribution in [3.05, 3.63) is 177 Å². The quantitative estimate of drug-likeness (QED) is 0.0462. The molecule has 0 unspecified atom stereocenters. The van der Waals surface area contributed by atoms with E-state index in [0.29, 0.717) is 51.9 Å². The van der Waals surface area contributed by atoms with Crippen molar-refractivity contribution in [2.45, 2.75) is 171 Å². The summed E-state index contributed by atoms with van der Waals surface area (Å²) in [5.41, 5.74) is 13.6. The zero-order chi connectivity index (χ0) is 78.7. The molecule has 26 heteroatoms. The fourth-order valence-electron chi connectivity index (χ4n) is 12.7. The van der Waals surface area contributed by atoms with Gasteiger partial charge in [-0.05, 0) is 165 Å². The Morgan fingerprint density at radius 3 is 0.806 bits per heavy atom. The molecule has 2 N–H and O–H groups in total. The molecule has 1 aliphatic carbocycles. The predicted molar refractivity (Wildman–Crippen MR) is 501 cm³/mol. The van der Waals surface area contributed by atoms with E-state index in [1.807, 2.05) is 80.4 Å². The molecule has 108 heavy (non-hydrogen) atoms. The Kier molecular flexibility index (Phi) is 33.9. The third kappa shape index (κ3) is 23.4. The van der Waals surface area contributed by atoms with Crippen LogP contribution in [-0.4, -0.2) is 135 Å². The Labute approximate surface area is 714 Å². The van der Waals surface area contributed by atoms with Crippen LogP contribution in [0.25, 0.3) is 0 Å². The molecular weight excluding hydrogens is 1650 g/mol. The summed E-state index contributed by atoms with van der Waals surface area (Å²) in [6, 6.07) is 18.7. The minimum atomic E-state index is -0.297. The number of benzene rings is 4. The maximum absolute atomic E-state index is 15.1. The van der Waals surface area contributed by atoms with E-state index in [-0.39, 0.29) is 95.9 Å². The van der Waals surface area contributed by atoms with Gasteiger partial charge >= 0.3 is 0 Å². The topological polar surface area (TPSA) is 117 Å². The molecule has 4 aromatic rings. The molecule has 0 saturated carbocycles. The number of carbonyl (C=O) groups excluding carboxylic acids is 4. The van der Waals surface area contributed by atoms with Gasteiger partial charge in [0.25, 0.3) is 0 Å². The fourth-order valence-corrected chi connectivity index (χ4v) is 33.8. The zero-order valence-corrected chi connectivity index (χ0v) is 79.9. The molecule has 9 rings (SSSR count). The standard InChI is InChI=1S/C82H108N4O6S16/c1-23-85(24-2)63(89)43-59-47-31-51-39-57(81(11,12)13)41-53(65(51)91-29-27-83-61(87)45-99-73-71(97-21)105-77(107-73)75-101-67(93-17)68(94-18)102-75)33-49-37-56(80(8,9)10)38-50(60(49)44-64(90)86(25-3)26-4)34-54-42-58(82(14,15)16)40-52(32-48(59)36-55(35-47)79(5,6)7)66(54)92-30-28-84-62(88)46-100-74-72(98-22)106-78(108-74)76-103-69(95-19)70(96-20)104-76/h35-42H,23-34,43-46H2,1-22H3,(H,83,87)(H,84,88). The molecule has 588 valence electrons. The van der Waals surface area contributed by atoms with Gasteiger partial charge in [0.05, 0.1) is 88.3 Å². The fraction of sp³-hybridized carbons (Fsp3) is 0.512. The highest BCUT2D eigenvalue weighted by Gasteiger charge is 2.35. The van der Waals surface area contributed by atoms with Crippen molar-refractivity contribution in [2.24, 2.45) is 0 Å². The van der Waals surface area contributed by atoms with Crippen LogP contribution in [0.1, 0.15) is 189 Å². The third-order valence-electron chi connectivity index (χ3n) is 18.8. The molecule has 5 aliphatic rings. The van der Waals surface area contributed by atoms with Gasteiger partial charge in [-0.2, -0.15) is 0 Å². The van der Waals surface area contributed by atoms with Crippen molar-refractivity contribution in [1.29, 1.82) is 0 Å². The highest BCUT2D eigenvalue weighted by atomic mass is 32.3. The summed E-state index contributed by atoms with van der Waals surface area (Å²) in [4.78, 5) is 62.4. The Hall–Kier alpha value is -1.60. The minimum Gasteiger partial charge on any atom is -0.491 e. The molecule has 8 bridgehead atoms. The molecule has 4 aromatic carbocycles. The van der Waals surface area contributed by atoms with Crippen LogP contribution in [0.15, 0.2) is 99.4 Å². The lowest BCUT2D eigenvalue weighted by Crippen LogP contribution is -2.32. The first-order valence-corrected chi connectivity index (χ1v) is 52.4. The summed E-state index contributed by atoms with van der Waals surface area (Å²) in [6.45, 7) is 38.8. The van der Waals surface area contributed by atoms with Gasteiger partial charge in [0.2, 0.25) is 23.6 Å². The molecule has 4 heterocycles. The summed E-state index contributed by atoms with van der Waals surface area (Å²) in [7, 11) is 0. The maximum Gasteiger partial charge on any atom is 0.230 e. The molecule has 0 atom stereocenters. The van der Waals surface area contributed by atoms with Gasteiger partial charge in [-0.25, -0.2) is 0 Å². The van der Waals surface area contributed by atoms with E-state index < -0.39 is 0 Å². The molecule has 0 aromatic heterocycles. The highest BCUT2D eigenvalue weighted by molar-refractivity contribution is 8.46. The summed E-state index contributed by atoms with van der Waals surface area (Å²) in [6.07, 6.45) is 15.0. The first-order valence-electron chi connectivity index (χ1n) is 36.5. The number of carbonyl (C=O) groups is 4. The van der Waals surface area contributed by atoms with Crippen molar-refractivity contribution in [3.63, 3.8) is 0 Å². The number of nitrogens with one attached hydrogen (secondary N) is 2. The van der Waals surface area contributed by atoms with Gasteiger partial charge in [0.1, 0.15) is 24.7 Å². The Balaban J connectivity index is 1.15. The molecule has 4 aliphatic heterocycles. The second kappa shape index (κ2) is 40.5. The van der Waals surface area contributed by atoms with E-state index in [0.717, 1.165) is 97.9 Å². The van der Waals surface area contributed by atoms with Crippen LogP contribution < -0.4 is 20.1 Å². The van der Waals surface area contributed by atoms with Gasteiger partial charge in [0, 0.05) is 51.9 Å². The lowest BCUT2D eigenvalue weighted by molar-refractivity contribution is -0.130. The number of ether oxygens (including phenoxy) is 2. The Morgan fingerprint density at radius 2 is 0.583 bits per heavy atom. The number of hydrogen-bond donors (Lipinski definition) is 2. The van der Waals surface area contributed by atoms with Crippen LogP contribution in [0.5, 0.6) is 11.5 Å². The van der Waals surface area contributed by atoms with E-state index in [9.17, 15) is 9.59 Å². The third-order valence-corrected chi connectivity index (χ3v) is 41.1. The number of rotatable bonds is 28. The first-order chi connectivity index (χ1) is 51.2. The Bertz CT molecular complexity index is 3840. The smallest absolute Gasteiger partial charge is 0.230 e. The molecule has 10 nitrogen and oxygen atoms in total. The molecule has 4 amide bonds. The van der Waals surface area contributed by atoms with E-state index in [1.165, 1.54) is 42.4 Å². The number of fused-ring (bicyclic) bond motifs is 8. The van der Waals surface area contributed by atoms with Gasteiger partial charge < -0.3 is 29.9 Å². The van der Waals surface area contributed by atoms with Gasteiger partial charge in [-0.3, -0.25) is 19.2 Å². The lowest BCUT2D eigenvalue weighted by atomic mass is 9.77. The monoisotopic (exact) mass is 1760 g/mol. The highest BCUT2D eigenvalue weighted by Crippen LogP contribution is 2.67. The van der Waals surface area contributed by atoms with E-state index in [2.05, 4.69) is 207 Å². The van der Waals surface area contributed by atoms with Crippen LogP contribution in [0.4, 0.5) is 0 Å². The summed E-state index contributed by atoms with van der Waals surface area (Å²) >= 11 is 28.5. The number of thioether (sulfide) groups is 16. The molecule has 0 radical (unpaired) electrons. The van der Waals surface area contributed by atoms with Crippen molar-refractivity contribution < 1.29 is 28.7 Å². The van der Waals surface area contributed by atoms with Crippen molar-refractivity contribution in [1.82, 2.24) is 20.4 Å². The predicted octanol–water partition coefficient (Wildman–Crippen LogP) is 23.7. The molecule has 0 spiro atoms. The van der Waals surface area contributed by atoms with Crippen LogP contribution in [0.2, 0.25) is 0 Å². The number of nitrogens with zero attached hydrogens (tertiary/aromatic N) is 2. The zero-order valence-electron chi connectivity index (χ0n) is 66.8. The van der Waals surface area contributed by atoms with Gasteiger partial charge in [-0.1, -0.05) is 226 Å². The van der Waals surface area contributed by atoms with E-state index in [1.54, 1.807) is 118 Å². The molecular formula is C82H108N4O6S16. The van der Waals surface area contributed by atoms with Crippen LogP contribution in [-0.2, 0) is 79.4 Å². The largest absolute Gasteiger partial charge is 0.491 e. The van der Waals surface area contributed by atoms with Crippen molar-refractivity contribution in [3.8, 4) is 11.5 Å². The maximum atomic E-state index is 15.1. The lowest BCUT2D eigenvalue weighted by Gasteiger charge is -2.30. The van der Waals surface area contributed by atoms with Crippen LogP contribution >= 0.6 is 188 Å². The second-order valence-corrected chi connectivity index (χ2v) is 48.6. The SMILES string of the molecule is CCN(CC)C(=O)Cc1c2cc(C(C)(C)C)cc1Cc1cc(C(C)(C)C)cc(c1OCCNC(=O)CSC1=C(SC)SC(=C3SC(SC)=C(SC)S3)S1)Cc1cc(C(C)(C)C)cc(c1CC(=O)N(CC)CC)Cc1cc(C(C)(C)C)cc(c1OCCNC(=O)CSC1=C(SC)SC(=C3SC(SC)=C(SC)S3)S1)C2. The minimum absolute atomic E-state index is 0.0554. The first kappa shape index (κ1) is 90.3. The van der Waals surface area contributed by atoms with Crippen LogP contribution in [0, 0.1) is 0 Å². The van der Waals surface area contributed by atoms with Crippen molar-refractivity contribution in [2.75, 3.05) is 102 Å².